The number of hydrogen-bond acceptors (Lipinski definition) is 5. The van der Waals surface area contributed by atoms with Crippen LogP contribution >= 0.6 is 0 Å². The number of amides is 1. The first-order valence-electron chi connectivity index (χ1n) is 13.6. The third kappa shape index (κ3) is 5.87. The van der Waals surface area contributed by atoms with Crippen LogP contribution in [0.2, 0.25) is 0 Å². The average molecular weight is 524 g/mol. The highest BCUT2D eigenvalue weighted by Gasteiger charge is 2.28. The lowest BCUT2D eigenvalue weighted by molar-refractivity contribution is 0.0140. The number of ether oxygens (including phenoxy) is 2. The van der Waals surface area contributed by atoms with Crippen LogP contribution in [0.4, 0.5) is 10.1 Å². The quantitative estimate of drug-likeness (QED) is 0.312. The molecule has 0 bridgehead atoms. The van der Waals surface area contributed by atoms with Crippen LogP contribution in [0.15, 0.2) is 30.3 Å². The number of fused-ring (bicyclic) bond motifs is 1. The van der Waals surface area contributed by atoms with Gasteiger partial charge in [-0.25, -0.2) is 4.39 Å². The largest absolute Gasteiger partial charge is 0.491 e. The van der Waals surface area contributed by atoms with Gasteiger partial charge in [0.2, 0.25) is 0 Å². The number of hydrogen-bond donors (Lipinski definition) is 4. The average Bonchev–Trinajstić information content (AvgIpc) is 3.52. The second-order valence-electron chi connectivity index (χ2n) is 11.1. The van der Waals surface area contributed by atoms with Gasteiger partial charge in [-0.3, -0.25) is 4.79 Å². The summed E-state index contributed by atoms with van der Waals surface area (Å²) in [6.07, 6.45) is 5.53. The lowest BCUT2D eigenvalue weighted by Crippen LogP contribution is -2.39. The zero-order valence-corrected chi connectivity index (χ0v) is 22.5. The molecule has 38 heavy (non-hydrogen) atoms. The predicted molar refractivity (Wildman–Crippen MR) is 146 cm³/mol. The van der Waals surface area contributed by atoms with Crippen LogP contribution in [0.3, 0.4) is 0 Å². The number of carbonyl (C=O) groups excluding carboxylic acids is 1. The van der Waals surface area contributed by atoms with Gasteiger partial charge in [0.05, 0.1) is 22.8 Å². The highest BCUT2D eigenvalue weighted by Crippen LogP contribution is 2.31. The maximum atomic E-state index is 14.8. The highest BCUT2D eigenvalue weighted by molar-refractivity contribution is 6.06. The van der Waals surface area contributed by atoms with Crippen molar-refractivity contribution in [2.24, 2.45) is 0 Å². The molecule has 1 aromatic heterocycles. The first-order valence-corrected chi connectivity index (χ1v) is 13.6. The molecular formula is C30H38FN3O4. The van der Waals surface area contributed by atoms with Crippen LogP contribution < -0.4 is 15.4 Å². The van der Waals surface area contributed by atoms with E-state index in [2.05, 4.69) is 22.5 Å². The molecule has 7 nitrogen and oxygen atoms in total. The summed E-state index contributed by atoms with van der Waals surface area (Å²) < 4.78 is 26.0. The SMILES string of the molecule is Cc1c(CN[C@H]2CC[C@@](C)(O)CC2)[nH]c2c(C)c(NC(=O)c3ccc(OC[C@@H]4CCCO4)cc3F)ccc12. The molecule has 1 aliphatic carbocycles. The van der Waals surface area contributed by atoms with Gasteiger partial charge in [-0.1, -0.05) is 6.07 Å². The number of carbonyl (C=O) groups is 1. The summed E-state index contributed by atoms with van der Waals surface area (Å²) in [5.41, 5.74) is 4.19. The zero-order valence-electron chi connectivity index (χ0n) is 22.5. The number of benzene rings is 2. The van der Waals surface area contributed by atoms with Crippen LogP contribution in [-0.2, 0) is 11.3 Å². The number of aromatic nitrogens is 1. The van der Waals surface area contributed by atoms with Crippen molar-refractivity contribution in [1.29, 1.82) is 0 Å². The van der Waals surface area contributed by atoms with Crippen molar-refractivity contribution in [2.45, 2.75) is 83.6 Å². The maximum absolute atomic E-state index is 14.8. The molecule has 1 atom stereocenters. The van der Waals surface area contributed by atoms with E-state index in [1.807, 2.05) is 26.0 Å². The van der Waals surface area contributed by atoms with Crippen molar-refractivity contribution < 1.29 is 23.8 Å². The summed E-state index contributed by atoms with van der Waals surface area (Å²) in [5.74, 6) is -0.748. The lowest BCUT2D eigenvalue weighted by atomic mass is 9.83. The van der Waals surface area contributed by atoms with Crippen molar-refractivity contribution in [3.05, 3.63) is 58.5 Å². The lowest BCUT2D eigenvalue weighted by Gasteiger charge is -2.33. The van der Waals surface area contributed by atoms with Crippen molar-refractivity contribution in [2.75, 3.05) is 18.5 Å². The number of aliphatic hydroxyl groups is 1. The van der Waals surface area contributed by atoms with E-state index in [1.54, 1.807) is 6.07 Å². The Balaban J connectivity index is 1.24. The Morgan fingerprint density at radius 3 is 2.68 bits per heavy atom. The predicted octanol–water partition coefficient (Wildman–Crippen LogP) is 5.52. The number of aryl methyl sites for hydroxylation is 2. The Bertz CT molecular complexity index is 1300. The van der Waals surface area contributed by atoms with E-state index in [4.69, 9.17) is 9.47 Å². The molecule has 204 valence electrons. The third-order valence-corrected chi connectivity index (χ3v) is 8.12. The van der Waals surface area contributed by atoms with Gasteiger partial charge in [-0.15, -0.1) is 0 Å². The van der Waals surface area contributed by atoms with Crippen molar-refractivity contribution >= 4 is 22.5 Å². The van der Waals surface area contributed by atoms with Gasteiger partial charge in [0, 0.05) is 42.0 Å². The second-order valence-corrected chi connectivity index (χ2v) is 11.1. The minimum Gasteiger partial charge on any atom is -0.491 e. The van der Waals surface area contributed by atoms with E-state index in [1.165, 1.54) is 17.7 Å². The van der Waals surface area contributed by atoms with Gasteiger partial charge < -0.3 is 30.2 Å². The molecule has 1 aliphatic heterocycles. The van der Waals surface area contributed by atoms with Gasteiger partial charge in [0.25, 0.3) is 5.91 Å². The Kier molecular flexibility index (Phi) is 7.75. The van der Waals surface area contributed by atoms with Crippen molar-refractivity contribution in [3.8, 4) is 5.75 Å². The fraction of sp³-hybridized carbons (Fsp3) is 0.500. The van der Waals surface area contributed by atoms with Gasteiger partial charge in [0.15, 0.2) is 0 Å². The Labute approximate surface area is 223 Å². The molecule has 1 amide bonds. The topological polar surface area (TPSA) is 95.6 Å². The first kappa shape index (κ1) is 26.7. The number of anilines is 1. The first-order chi connectivity index (χ1) is 18.2. The molecule has 5 rings (SSSR count). The monoisotopic (exact) mass is 523 g/mol. The minimum atomic E-state index is -0.626. The van der Waals surface area contributed by atoms with Crippen LogP contribution in [0, 0.1) is 19.7 Å². The number of aromatic amines is 1. The highest BCUT2D eigenvalue weighted by atomic mass is 19.1. The van der Waals surface area contributed by atoms with E-state index < -0.39 is 17.3 Å². The molecule has 2 heterocycles. The van der Waals surface area contributed by atoms with E-state index >= 15 is 0 Å². The van der Waals surface area contributed by atoms with E-state index in [0.29, 0.717) is 30.6 Å². The summed E-state index contributed by atoms with van der Waals surface area (Å²) >= 11 is 0. The number of H-pyrrole nitrogens is 1. The summed E-state index contributed by atoms with van der Waals surface area (Å²) in [7, 11) is 0. The molecule has 2 aliphatic rings. The fourth-order valence-corrected chi connectivity index (χ4v) is 5.52. The van der Waals surface area contributed by atoms with Gasteiger partial charge in [-0.05, 0) is 88.6 Å². The van der Waals surface area contributed by atoms with Crippen LogP contribution in [-0.4, -0.2) is 47.0 Å². The standard InChI is InChI=1S/C30H38FN3O4/c1-18-23-8-9-26(19(2)28(23)33-27(18)16-32-20-10-12-30(3,36)13-11-20)34-29(35)24-7-6-21(15-25(24)31)38-17-22-5-4-14-37-22/h6-9,15,20,22,32-33,36H,4-5,10-14,16-17H2,1-3H3,(H,34,35)/t20-,22-,30+/m0/s1. The number of halogens is 1. The second kappa shape index (κ2) is 11.0. The molecule has 2 fully saturated rings. The Hall–Kier alpha value is -2.94. The minimum absolute atomic E-state index is 0.0343. The Morgan fingerprint density at radius 1 is 1.18 bits per heavy atom. The molecule has 1 saturated heterocycles. The van der Waals surface area contributed by atoms with Crippen molar-refractivity contribution in [3.63, 3.8) is 0 Å². The van der Waals surface area contributed by atoms with Gasteiger partial charge in [-0.2, -0.15) is 0 Å². The number of nitrogens with one attached hydrogen (secondary N) is 3. The maximum Gasteiger partial charge on any atom is 0.258 e. The summed E-state index contributed by atoms with van der Waals surface area (Å²) in [4.78, 5) is 16.5. The fourth-order valence-electron chi connectivity index (χ4n) is 5.52. The van der Waals surface area contributed by atoms with E-state index in [0.717, 1.165) is 67.3 Å². The van der Waals surface area contributed by atoms with Crippen LogP contribution in [0.25, 0.3) is 10.9 Å². The number of rotatable bonds is 8. The van der Waals surface area contributed by atoms with Crippen LogP contribution in [0.5, 0.6) is 5.75 Å². The van der Waals surface area contributed by atoms with Crippen molar-refractivity contribution in [1.82, 2.24) is 10.3 Å². The molecule has 0 radical (unpaired) electrons. The summed E-state index contributed by atoms with van der Waals surface area (Å²) in [6.45, 7) is 7.78. The third-order valence-electron chi connectivity index (χ3n) is 8.12. The smallest absolute Gasteiger partial charge is 0.258 e. The molecule has 4 N–H and O–H groups in total. The van der Waals surface area contributed by atoms with E-state index in [9.17, 15) is 14.3 Å². The molecular weight excluding hydrogens is 485 g/mol. The summed E-state index contributed by atoms with van der Waals surface area (Å²) in [5, 5.41) is 17.8. The zero-order chi connectivity index (χ0) is 26.9. The van der Waals surface area contributed by atoms with E-state index in [-0.39, 0.29) is 11.7 Å². The van der Waals surface area contributed by atoms with Crippen LogP contribution in [0.1, 0.15) is 72.6 Å². The molecule has 0 spiro atoms. The normalized spacial score (nSPS) is 23.6. The summed E-state index contributed by atoms with van der Waals surface area (Å²) in [6, 6.07) is 8.57. The molecule has 2 aromatic carbocycles. The molecule has 3 aromatic rings. The molecule has 1 saturated carbocycles. The van der Waals surface area contributed by atoms with Gasteiger partial charge >= 0.3 is 0 Å². The van der Waals surface area contributed by atoms with Gasteiger partial charge in [0.1, 0.15) is 18.2 Å². The molecule has 0 unspecified atom stereocenters. The Morgan fingerprint density at radius 2 is 1.97 bits per heavy atom. The molecule has 8 heteroatoms.